The lowest BCUT2D eigenvalue weighted by Crippen LogP contribution is -2.31. The summed E-state index contributed by atoms with van der Waals surface area (Å²) in [6.45, 7) is 7.11. The van der Waals surface area contributed by atoms with E-state index in [9.17, 15) is 4.79 Å². The number of carbonyl (C=O) groups is 1. The van der Waals surface area contributed by atoms with Gasteiger partial charge in [0, 0.05) is 6.04 Å². The average Bonchev–Trinajstić information content (AvgIpc) is 2.51. The summed E-state index contributed by atoms with van der Waals surface area (Å²) in [5.41, 5.74) is 0.919. The highest BCUT2D eigenvalue weighted by atomic mass is 16.2. The van der Waals surface area contributed by atoms with E-state index in [1.54, 1.807) is 13.0 Å². The van der Waals surface area contributed by atoms with Gasteiger partial charge in [0.05, 0.1) is 5.69 Å². The quantitative estimate of drug-likeness (QED) is 0.662. The fourth-order valence-corrected chi connectivity index (χ4v) is 0.833. The summed E-state index contributed by atoms with van der Waals surface area (Å²) in [6, 6.07) is -0.0661. The van der Waals surface area contributed by atoms with Gasteiger partial charge in [-0.1, -0.05) is 6.08 Å². The number of H-pyrrole nitrogens is 1. The summed E-state index contributed by atoms with van der Waals surface area (Å²) in [5.74, 6) is -0.237. The van der Waals surface area contributed by atoms with Crippen LogP contribution in [0.15, 0.2) is 12.7 Å². The maximum atomic E-state index is 11.4. The third kappa shape index (κ3) is 2.14. The molecule has 1 aromatic rings. The summed E-state index contributed by atoms with van der Waals surface area (Å²) in [5, 5.41) is 12.5. The molecule has 0 aromatic carbocycles. The highest BCUT2D eigenvalue weighted by molar-refractivity contribution is 5.93. The molecule has 1 unspecified atom stereocenters. The summed E-state index contributed by atoms with van der Waals surface area (Å²) in [4.78, 5) is 11.4. The lowest BCUT2D eigenvalue weighted by molar-refractivity contribution is 0.0941. The molecule has 0 saturated carbocycles. The van der Waals surface area contributed by atoms with Gasteiger partial charge in [-0.05, 0) is 13.8 Å². The van der Waals surface area contributed by atoms with Crippen LogP contribution in [0.1, 0.15) is 23.1 Å². The number of aryl methyl sites for hydroxylation is 1. The van der Waals surface area contributed by atoms with Crippen LogP contribution < -0.4 is 5.32 Å². The number of rotatable bonds is 3. The Bertz CT molecular complexity index is 318. The van der Waals surface area contributed by atoms with Crippen molar-refractivity contribution in [2.24, 2.45) is 0 Å². The van der Waals surface area contributed by atoms with E-state index in [1.807, 2.05) is 6.92 Å². The maximum Gasteiger partial charge on any atom is 0.274 e. The Morgan fingerprint density at radius 3 is 2.85 bits per heavy atom. The molecule has 1 atom stereocenters. The molecule has 0 spiro atoms. The number of nitrogens with one attached hydrogen (secondary N) is 2. The molecule has 13 heavy (non-hydrogen) atoms. The van der Waals surface area contributed by atoms with E-state index >= 15 is 0 Å². The van der Waals surface area contributed by atoms with Crippen LogP contribution in [0.2, 0.25) is 0 Å². The number of amides is 1. The molecule has 5 nitrogen and oxygen atoms in total. The smallest absolute Gasteiger partial charge is 0.274 e. The first-order valence-corrected chi connectivity index (χ1v) is 3.96. The minimum Gasteiger partial charge on any atom is -0.345 e. The van der Waals surface area contributed by atoms with Gasteiger partial charge in [0.2, 0.25) is 0 Å². The van der Waals surface area contributed by atoms with Crippen molar-refractivity contribution in [1.82, 2.24) is 20.7 Å². The second-order valence-electron chi connectivity index (χ2n) is 2.76. The average molecular weight is 180 g/mol. The molecule has 0 aliphatic carbocycles. The molecular formula is C8H12N4O. The molecule has 1 rings (SSSR count). The maximum absolute atomic E-state index is 11.4. The van der Waals surface area contributed by atoms with Crippen molar-refractivity contribution in [2.75, 3.05) is 0 Å². The Labute approximate surface area is 76.2 Å². The Balaban J connectivity index is 2.69. The van der Waals surface area contributed by atoms with Crippen LogP contribution in [0.5, 0.6) is 0 Å². The van der Waals surface area contributed by atoms with Gasteiger partial charge < -0.3 is 5.32 Å². The van der Waals surface area contributed by atoms with Gasteiger partial charge in [0.25, 0.3) is 5.91 Å². The molecule has 1 aromatic heterocycles. The molecular weight excluding hydrogens is 168 g/mol. The number of hydrogen-bond acceptors (Lipinski definition) is 3. The van der Waals surface area contributed by atoms with Crippen molar-refractivity contribution in [3.05, 3.63) is 24.0 Å². The second kappa shape index (κ2) is 3.84. The minimum atomic E-state index is -0.237. The van der Waals surface area contributed by atoms with Crippen molar-refractivity contribution in [3.63, 3.8) is 0 Å². The van der Waals surface area contributed by atoms with Crippen molar-refractivity contribution in [2.45, 2.75) is 19.9 Å². The molecule has 0 fully saturated rings. The molecule has 0 saturated heterocycles. The zero-order valence-corrected chi connectivity index (χ0v) is 7.66. The van der Waals surface area contributed by atoms with Gasteiger partial charge in [0.15, 0.2) is 5.69 Å². The normalized spacial score (nSPS) is 12.2. The van der Waals surface area contributed by atoms with Crippen molar-refractivity contribution in [1.29, 1.82) is 0 Å². The number of carbonyl (C=O) groups excluding carboxylic acids is 1. The predicted octanol–water partition coefficient (Wildman–Crippen LogP) is 0.417. The van der Waals surface area contributed by atoms with E-state index in [1.165, 1.54) is 0 Å². The third-order valence-corrected chi connectivity index (χ3v) is 1.65. The predicted molar refractivity (Wildman–Crippen MR) is 48.2 cm³/mol. The van der Waals surface area contributed by atoms with Crippen LogP contribution in [-0.4, -0.2) is 27.4 Å². The second-order valence-corrected chi connectivity index (χ2v) is 2.76. The summed E-state index contributed by atoms with van der Waals surface area (Å²) in [7, 11) is 0. The lowest BCUT2D eigenvalue weighted by atomic mass is 10.3. The SMILES string of the molecule is C=CC(C)NC(=O)c1n[nH]nc1C. The van der Waals surface area contributed by atoms with Gasteiger partial charge in [-0.2, -0.15) is 15.4 Å². The molecule has 1 amide bonds. The monoisotopic (exact) mass is 180 g/mol. The van der Waals surface area contributed by atoms with Crippen LogP contribution in [0, 0.1) is 6.92 Å². The standard InChI is InChI=1S/C8H12N4O/c1-4-5(2)9-8(13)7-6(3)10-12-11-7/h4-5H,1H2,2-3H3,(H,9,13)(H,10,11,12). The van der Waals surface area contributed by atoms with E-state index in [2.05, 4.69) is 27.3 Å². The fraction of sp³-hybridized carbons (Fsp3) is 0.375. The molecule has 2 N–H and O–H groups in total. The first-order chi connectivity index (χ1) is 6.15. The largest absolute Gasteiger partial charge is 0.345 e. The number of nitrogens with zero attached hydrogens (tertiary/aromatic N) is 2. The minimum absolute atomic E-state index is 0.0661. The molecule has 0 radical (unpaired) electrons. The van der Waals surface area contributed by atoms with Crippen molar-refractivity contribution < 1.29 is 4.79 Å². The number of hydrogen-bond donors (Lipinski definition) is 2. The van der Waals surface area contributed by atoms with Gasteiger partial charge in [-0.15, -0.1) is 6.58 Å². The van der Waals surface area contributed by atoms with Gasteiger partial charge >= 0.3 is 0 Å². The number of aromatic amines is 1. The van der Waals surface area contributed by atoms with Gasteiger partial charge in [-0.25, -0.2) is 0 Å². The van der Waals surface area contributed by atoms with Crippen LogP contribution in [0.4, 0.5) is 0 Å². The topological polar surface area (TPSA) is 70.7 Å². The van der Waals surface area contributed by atoms with Crippen molar-refractivity contribution >= 4 is 5.91 Å². The Kier molecular flexibility index (Phi) is 2.79. The molecule has 0 aliphatic rings. The molecule has 5 heteroatoms. The van der Waals surface area contributed by atoms with E-state index < -0.39 is 0 Å². The summed E-state index contributed by atoms with van der Waals surface area (Å²) < 4.78 is 0. The first kappa shape index (κ1) is 9.44. The van der Waals surface area contributed by atoms with E-state index in [0.29, 0.717) is 11.4 Å². The zero-order chi connectivity index (χ0) is 9.84. The Morgan fingerprint density at radius 2 is 2.38 bits per heavy atom. The summed E-state index contributed by atoms with van der Waals surface area (Å²) >= 11 is 0. The van der Waals surface area contributed by atoms with Crippen LogP contribution in [-0.2, 0) is 0 Å². The highest BCUT2D eigenvalue weighted by Crippen LogP contribution is 1.98. The fourth-order valence-electron chi connectivity index (χ4n) is 0.833. The molecule has 70 valence electrons. The molecule has 0 bridgehead atoms. The van der Waals surface area contributed by atoms with Crippen LogP contribution in [0.3, 0.4) is 0 Å². The number of aromatic nitrogens is 3. The Morgan fingerprint density at radius 1 is 1.69 bits per heavy atom. The molecule has 0 aliphatic heterocycles. The Hall–Kier alpha value is -1.65. The summed E-state index contributed by atoms with van der Waals surface area (Å²) in [6.07, 6.45) is 1.65. The van der Waals surface area contributed by atoms with E-state index in [0.717, 1.165) is 0 Å². The molecule has 1 heterocycles. The van der Waals surface area contributed by atoms with E-state index in [4.69, 9.17) is 0 Å². The van der Waals surface area contributed by atoms with Crippen LogP contribution in [0.25, 0.3) is 0 Å². The third-order valence-electron chi connectivity index (χ3n) is 1.65. The van der Waals surface area contributed by atoms with E-state index in [-0.39, 0.29) is 11.9 Å². The van der Waals surface area contributed by atoms with Crippen molar-refractivity contribution in [3.8, 4) is 0 Å². The first-order valence-electron chi connectivity index (χ1n) is 3.96. The van der Waals surface area contributed by atoms with Gasteiger partial charge in [-0.3, -0.25) is 4.79 Å². The highest BCUT2D eigenvalue weighted by Gasteiger charge is 2.13. The zero-order valence-electron chi connectivity index (χ0n) is 7.66. The van der Waals surface area contributed by atoms with Crippen LogP contribution >= 0.6 is 0 Å². The van der Waals surface area contributed by atoms with Gasteiger partial charge in [0.1, 0.15) is 0 Å². The lowest BCUT2D eigenvalue weighted by Gasteiger charge is -2.06.